The zero-order valence-corrected chi connectivity index (χ0v) is 15.8. The minimum atomic E-state index is -3.94. The van der Waals surface area contributed by atoms with Crippen LogP contribution in [0.1, 0.15) is 15.9 Å². The zero-order chi connectivity index (χ0) is 15.5. The molecule has 0 aromatic heterocycles. The number of carbonyl (C=O) groups is 2. The molecule has 108 valence electrons. The molecule has 0 spiro atoms. The molecule has 0 saturated heterocycles. The fourth-order valence-electron chi connectivity index (χ4n) is 1.81. The summed E-state index contributed by atoms with van der Waals surface area (Å²) in [5.74, 6) is -2.99. The van der Waals surface area contributed by atoms with Crippen LogP contribution < -0.4 is 56.5 Å². The van der Waals surface area contributed by atoms with E-state index in [1.54, 1.807) is 30.3 Å². The van der Waals surface area contributed by atoms with Crippen LogP contribution >= 0.6 is 0 Å². The first-order valence-corrected chi connectivity index (χ1v) is 7.68. The van der Waals surface area contributed by atoms with E-state index in [1.807, 2.05) is 0 Å². The predicted octanol–water partition coefficient (Wildman–Crippen LogP) is -2.55. The van der Waals surface area contributed by atoms with Gasteiger partial charge in [0, 0.05) is 11.1 Å². The molecule has 0 aliphatic carbocycles. The van der Waals surface area contributed by atoms with Crippen molar-refractivity contribution >= 4 is 21.6 Å². The molecule has 0 aliphatic rings. The van der Waals surface area contributed by atoms with Gasteiger partial charge in [-0.3, -0.25) is 4.79 Å². The van der Waals surface area contributed by atoms with Crippen LogP contribution in [0.25, 0.3) is 0 Å². The van der Waals surface area contributed by atoms with Crippen LogP contribution in [0.3, 0.4) is 0 Å². The summed E-state index contributed by atoms with van der Waals surface area (Å²) in [5.41, 5.74) is 0.816. The quantitative estimate of drug-likeness (QED) is 0.441. The van der Waals surface area contributed by atoms with E-state index in [0.29, 0.717) is 11.1 Å². The fourth-order valence-corrected chi connectivity index (χ4v) is 2.84. The average Bonchev–Trinajstić information content (AvgIpc) is 2.46. The van der Waals surface area contributed by atoms with Gasteiger partial charge in [0.15, 0.2) is 15.6 Å². The van der Waals surface area contributed by atoms with Crippen LogP contribution in [-0.2, 0) is 14.6 Å². The normalized spacial score (nSPS) is 10.5. The molecule has 0 radical (unpaired) electrons. The molecule has 2 aromatic carbocycles. The van der Waals surface area contributed by atoms with Crippen molar-refractivity contribution < 1.29 is 74.5 Å². The Labute approximate surface area is 170 Å². The van der Waals surface area contributed by atoms with Crippen LogP contribution in [0.15, 0.2) is 59.5 Å². The standard InChI is InChI=1S/C15H12O5S.K/c16-14(17)10-21(19,20)13-8-6-12(7-9-13)15(18)11-4-2-1-3-5-11;/h1-9H,10H2,(H,16,17);/q;+1/p-1. The molecule has 0 N–H and O–H groups in total. The number of ketones is 1. The molecule has 0 atom stereocenters. The van der Waals surface area contributed by atoms with Crippen LogP contribution in [0.4, 0.5) is 0 Å². The van der Waals surface area contributed by atoms with Crippen molar-refractivity contribution in [3.05, 3.63) is 65.7 Å². The predicted molar refractivity (Wildman–Crippen MR) is 73.4 cm³/mol. The van der Waals surface area contributed by atoms with E-state index in [0.717, 1.165) is 0 Å². The van der Waals surface area contributed by atoms with Gasteiger partial charge < -0.3 is 9.90 Å². The second-order valence-corrected chi connectivity index (χ2v) is 6.34. The first kappa shape index (κ1) is 19.2. The Morgan fingerprint density at radius 2 is 1.36 bits per heavy atom. The van der Waals surface area contributed by atoms with E-state index in [4.69, 9.17) is 0 Å². The smallest absolute Gasteiger partial charge is 0.549 e. The minimum absolute atomic E-state index is 0. The van der Waals surface area contributed by atoms with Crippen molar-refractivity contribution in [2.24, 2.45) is 0 Å². The number of rotatable bonds is 5. The Morgan fingerprint density at radius 3 is 1.86 bits per heavy atom. The number of hydrogen-bond acceptors (Lipinski definition) is 5. The SMILES string of the molecule is O=C([O-])CS(=O)(=O)c1ccc(C(=O)c2ccccc2)cc1.[K+]. The molecule has 0 fully saturated rings. The van der Waals surface area contributed by atoms with E-state index in [-0.39, 0.29) is 62.1 Å². The fraction of sp³-hybridized carbons (Fsp3) is 0.0667. The van der Waals surface area contributed by atoms with Gasteiger partial charge in [0.2, 0.25) is 0 Å². The summed E-state index contributed by atoms with van der Waals surface area (Å²) >= 11 is 0. The van der Waals surface area contributed by atoms with E-state index in [2.05, 4.69) is 0 Å². The Kier molecular flexibility index (Phi) is 7.11. The number of benzene rings is 2. The van der Waals surface area contributed by atoms with Crippen molar-refractivity contribution in [1.29, 1.82) is 0 Å². The molecular weight excluding hydrogens is 331 g/mol. The van der Waals surface area contributed by atoms with E-state index in [1.165, 1.54) is 24.3 Å². The maximum Gasteiger partial charge on any atom is 1.00 e. The Bertz CT molecular complexity index is 767. The molecule has 5 nitrogen and oxygen atoms in total. The molecule has 0 saturated carbocycles. The van der Waals surface area contributed by atoms with Crippen molar-refractivity contribution in [2.75, 3.05) is 5.75 Å². The number of sulfone groups is 1. The van der Waals surface area contributed by atoms with Gasteiger partial charge in [-0.2, -0.15) is 0 Å². The van der Waals surface area contributed by atoms with Gasteiger partial charge in [0.1, 0.15) is 0 Å². The number of aliphatic carboxylic acids is 1. The molecule has 0 aliphatic heterocycles. The number of hydrogen-bond donors (Lipinski definition) is 0. The van der Waals surface area contributed by atoms with E-state index in [9.17, 15) is 23.1 Å². The number of carboxylic acids is 1. The van der Waals surface area contributed by atoms with Gasteiger partial charge in [-0.1, -0.05) is 30.3 Å². The van der Waals surface area contributed by atoms with Crippen molar-refractivity contribution in [3.63, 3.8) is 0 Å². The van der Waals surface area contributed by atoms with Crippen molar-refractivity contribution in [3.8, 4) is 0 Å². The molecule has 2 rings (SSSR count). The maximum absolute atomic E-state index is 12.1. The van der Waals surface area contributed by atoms with Gasteiger partial charge in [-0.05, 0) is 24.3 Å². The molecule has 0 bridgehead atoms. The minimum Gasteiger partial charge on any atom is -0.549 e. The summed E-state index contributed by atoms with van der Waals surface area (Å²) < 4.78 is 23.4. The molecule has 7 heteroatoms. The van der Waals surface area contributed by atoms with E-state index < -0.39 is 21.6 Å². The second kappa shape index (κ2) is 8.14. The first-order chi connectivity index (χ1) is 9.90. The van der Waals surface area contributed by atoms with Crippen molar-refractivity contribution in [1.82, 2.24) is 0 Å². The second-order valence-electron chi connectivity index (χ2n) is 4.35. The van der Waals surface area contributed by atoms with Crippen LogP contribution in [-0.4, -0.2) is 25.9 Å². The van der Waals surface area contributed by atoms with Crippen LogP contribution in [0.5, 0.6) is 0 Å². The summed E-state index contributed by atoms with van der Waals surface area (Å²) in [6, 6.07) is 13.7. The monoisotopic (exact) mass is 342 g/mol. The molecule has 0 unspecified atom stereocenters. The maximum atomic E-state index is 12.1. The number of carbonyl (C=O) groups excluding carboxylic acids is 2. The van der Waals surface area contributed by atoms with Crippen LogP contribution in [0.2, 0.25) is 0 Å². The molecule has 0 heterocycles. The molecule has 2 aromatic rings. The Hall–Kier alpha value is -0.834. The Balaban J connectivity index is 0.00000242. The average molecular weight is 342 g/mol. The summed E-state index contributed by atoms with van der Waals surface area (Å²) in [6.45, 7) is 0. The molecule has 0 amide bonds. The van der Waals surface area contributed by atoms with Crippen LogP contribution in [0, 0.1) is 0 Å². The zero-order valence-electron chi connectivity index (χ0n) is 11.9. The third-order valence-electron chi connectivity index (χ3n) is 2.82. The van der Waals surface area contributed by atoms with Gasteiger partial charge >= 0.3 is 51.4 Å². The largest absolute Gasteiger partial charge is 1.00 e. The number of carboxylic acid groups (broad SMARTS) is 1. The summed E-state index contributed by atoms with van der Waals surface area (Å²) in [4.78, 5) is 22.4. The van der Waals surface area contributed by atoms with Gasteiger partial charge in [-0.25, -0.2) is 8.42 Å². The van der Waals surface area contributed by atoms with Gasteiger partial charge in [-0.15, -0.1) is 0 Å². The first-order valence-electron chi connectivity index (χ1n) is 6.02. The summed E-state index contributed by atoms with van der Waals surface area (Å²) in [6.07, 6.45) is 0. The van der Waals surface area contributed by atoms with Gasteiger partial charge in [0.05, 0.1) is 16.6 Å². The van der Waals surface area contributed by atoms with Crippen molar-refractivity contribution in [2.45, 2.75) is 4.90 Å². The molecule has 22 heavy (non-hydrogen) atoms. The molecular formula is C15H11KO5S. The third-order valence-corrected chi connectivity index (χ3v) is 4.43. The van der Waals surface area contributed by atoms with E-state index >= 15 is 0 Å². The Morgan fingerprint density at radius 1 is 0.864 bits per heavy atom. The summed E-state index contributed by atoms with van der Waals surface area (Å²) in [5, 5.41) is 10.4. The topological polar surface area (TPSA) is 91.3 Å². The van der Waals surface area contributed by atoms with Gasteiger partial charge in [0.25, 0.3) is 0 Å². The summed E-state index contributed by atoms with van der Waals surface area (Å²) in [7, 11) is -3.94. The third kappa shape index (κ3) is 4.84.